The van der Waals surface area contributed by atoms with Crippen LogP contribution in [0.25, 0.3) is 0 Å². The Balaban J connectivity index is 2.23. The minimum Gasteiger partial charge on any atom is -0.492 e. The molecule has 0 unspecified atom stereocenters. The average molecular weight is 298 g/mol. The summed E-state index contributed by atoms with van der Waals surface area (Å²) in [7, 11) is 1.40. The number of thiophene rings is 1. The van der Waals surface area contributed by atoms with Crippen molar-refractivity contribution in [1.82, 2.24) is 0 Å². The molecule has 1 heterocycles. The summed E-state index contributed by atoms with van der Waals surface area (Å²) in [6, 6.07) is 1.91. The van der Waals surface area contributed by atoms with Crippen molar-refractivity contribution in [3.8, 4) is 5.75 Å². The van der Waals surface area contributed by atoms with Crippen LogP contribution in [0.2, 0.25) is 0 Å². The molecular formula is C16H26O3S. The molecule has 0 saturated heterocycles. The van der Waals surface area contributed by atoms with Crippen molar-refractivity contribution >= 4 is 17.3 Å². The number of hydrogen-bond donors (Lipinski definition) is 0. The molecule has 0 aromatic carbocycles. The summed E-state index contributed by atoms with van der Waals surface area (Å²) in [6.45, 7) is 4.88. The Kier molecular flexibility index (Phi) is 8.35. The third kappa shape index (κ3) is 5.95. The van der Waals surface area contributed by atoms with Crippen LogP contribution >= 0.6 is 11.3 Å². The Morgan fingerprint density at radius 2 is 1.80 bits per heavy atom. The Morgan fingerprint density at radius 3 is 2.45 bits per heavy atom. The van der Waals surface area contributed by atoms with Gasteiger partial charge < -0.3 is 9.47 Å². The Morgan fingerprint density at radius 1 is 1.15 bits per heavy atom. The Hall–Kier alpha value is -1.03. The first kappa shape index (κ1) is 17.0. The molecule has 0 fully saturated rings. The third-order valence-corrected chi connectivity index (χ3v) is 4.21. The molecule has 0 saturated carbocycles. The van der Waals surface area contributed by atoms with Gasteiger partial charge >= 0.3 is 5.97 Å². The molecule has 0 N–H and O–H groups in total. The second-order valence-electron chi connectivity index (χ2n) is 5.01. The molecule has 0 amide bonds. The van der Waals surface area contributed by atoms with Gasteiger partial charge in [-0.05, 0) is 19.4 Å². The van der Waals surface area contributed by atoms with Crippen molar-refractivity contribution in [2.24, 2.45) is 0 Å². The first-order chi connectivity index (χ1) is 9.69. The quantitative estimate of drug-likeness (QED) is 0.452. The van der Waals surface area contributed by atoms with Crippen LogP contribution in [0.4, 0.5) is 0 Å². The summed E-state index contributed by atoms with van der Waals surface area (Å²) in [5.41, 5.74) is 0. The van der Waals surface area contributed by atoms with Crippen LogP contribution in [0.5, 0.6) is 5.75 Å². The van der Waals surface area contributed by atoms with Gasteiger partial charge in [-0.3, -0.25) is 0 Å². The van der Waals surface area contributed by atoms with E-state index in [1.165, 1.54) is 57.0 Å². The minimum atomic E-state index is -0.308. The van der Waals surface area contributed by atoms with E-state index in [1.54, 1.807) is 0 Å². The van der Waals surface area contributed by atoms with Gasteiger partial charge in [-0.25, -0.2) is 4.79 Å². The fraction of sp³-hybridized carbons (Fsp3) is 0.688. The van der Waals surface area contributed by atoms with Crippen molar-refractivity contribution in [2.75, 3.05) is 13.7 Å². The van der Waals surface area contributed by atoms with Crippen LogP contribution in [0, 0.1) is 6.92 Å². The summed E-state index contributed by atoms with van der Waals surface area (Å²) in [4.78, 5) is 13.2. The van der Waals surface area contributed by atoms with Crippen molar-refractivity contribution in [3.63, 3.8) is 0 Å². The number of hydrogen-bond acceptors (Lipinski definition) is 4. The molecule has 4 heteroatoms. The lowest BCUT2D eigenvalue weighted by Crippen LogP contribution is -2.03. The number of carbonyl (C=O) groups excluding carboxylic acids is 1. The number of unbranched alkanes of at least 4 members (excludes halogenated alkanes) is 6. The van der Waals surface area contributed by atoms with Gasteiger partial charge in [-0.15, -0.1) is 11.3 Å². The highest BCUT2D eigenvalue weighted by Crippen LogP contribution is 2.29. The van der Waals surface area contributed by atoms with Crippen molar-refractivity contribution in [3.05, 3.63) is 15.8 Å². The molecule has 1 aromatic rings. The molecule has 114 valence electrons. The normalized spacial score (nSPS) is 10.6. The van der Waals surface area contributed by atoms with E-state index in [0.29, 0.717) is 17.2 Å². The monoisotopic (exact) mass is 298 g/mol. The van der Waals surface area contributed by atoms with Gasteiger partial charge in [0.25, 0.3) is 0 Å². The number of esters is 1. The number of carbonyl (C=O) groups is 1. The highest BCUT2D eigenvalue weighted by atomic mass is 32.1. The number of rotatable bonds is 10. The first-order valence-corrected chi connectivity index (χ1v) is 8.32. The van der Waals surface area contributed by atoms with Crippen LogP contribution in [0.1, 0.15) is 66.4 Å². The molecule has 0 aliphatic rings. The summed E-state index contributed by atoms with van der Waals surface area (Å²) >= 11 is 1.42. The van der Waals surface area contributed by atoms with Crippen molar-refractivity contribution < 1.29 is 14.3 Å². The molecule has 0 aliphatic heterocycles. The lowest BCUT2D eigenvalue weighted by molar-refractivity contribution is 0.0602. The predicted octanol–water partition coefficient (Wildman–Crippen LogP) is 4.97. The van der Waals surface area contributed by atoms with Crippen LogP contribution < -0.4 is 4.74 Å². The molecule has 0 bridgehead atoms. The second-order valence-corrected chi connectivity index (χ2v) is 6.27. The zero-order valence-electron chi connectivity index (χ0n) is 12.9. The molecule has 0 atom stereocenters. The largest absolute Gasteiger partial charge is 0.492 e. The summed E-state index contributed by atoms with van der Waals surface area (Å²) in [6.07, 6.45) is 8.80. The lowest BCUT2D eigenvalue weighted by Gasteiger charge is -2.06. The van der Waals surface area contributed by atoms with Crippen LogP contribution in [-0.2, 0) is 4.74 Å². The summed E-state index contributed by atoms with van der Waals surface area (Å²) < 4.78 is 10.5. The van der Waals surface area contributed by atoms with E-state index >= 15 is 0 Å². The third-order valence-electron chi connectivity index (χ3n) is 3.20. The Bertz CT molecular complexity index is 398. The van der Waals surface area contributed by atoms with Crippen LogP contribution in [0.15, 0.2) is 6.07 Å². The van der Waals surface area contributed by atoms with E-state index in [2.05, 4.69) is 6.92 Å². The predicted molar refractivity (Wildman–Crippen MR) is 83.9 cm³/mol. The maximum atomic E-state index is 11.6. The molecular weight excluding hydrogens is 272 g/mol. The molecule has 20 heavy (non-hydrogen) atoms. The molecule has 0 radical (unpaired) electrons. The number of ether oxygens (including phenoxy) is 2. The molecule has 1 aromatic heterocycles. The van der Waals surface area contributed by atoms with Crippen molar-refractivity contribution in [2.45, 2.75) is 58.8 Å². The van der Waals surface area contributed by atoms with E-state index < -0.39 is 0 Å². The van der Waals surface area contributed by atoms with Crippen molar-refractivity contribution in [1.29, 1.82) is 0 Å². The van der Waals surface area contributed by atoms with E-state index in [1.807, 2.05) is 13.0 Å². The molecule has 0 spiro atoms. The molecule has 1 rings (SSSR count). The summed E-state index contributed by atoms with van der Waals surface area (Å²) in [5, 5.41) is 0. The van der Waals surface area contributed by atoms with E-state index in [4.69, 9.17) is 9.47 Å². The maximum absolute atomic E-state index is 11.6. The van der Waals surface area contributed by atoms with Crippen LogP contribution in [-0.4, -0.2) is 19.7 Å². The van der Waals surface area contributed by atoms with E-state index in [-0.39, 0.29) is 5.97 Å². The summed E-state index contributed by atoms with van der Waals surface area (Å²) in [5.74, 6) is 0.364. The standard InChI is InChI=1S/C16H26O3S/c1-4-5-6-7-8-9-10-11-19-14-12-13(2)20-15(14)16(17)18-3/h12H,4-11H2,1-3H3. The zero-order chi connectivity index (χ0) is 14.8. The van der Waals surface area contributed by atoms with E-state index in [0.717, 1.165) is 11.3 Å². The fourth-order valence-electron chi connectivity index (χ4n) is 2.07. The maximum Gasteiger partial charge on any atom is 0.351 e. The van der Waals surface area contributed by atoms with Gasteiger partial charge in [0.05, 0.1) is 13.7 Å². The lowest BCUT2D eigenvalue weighted by atomic mass is 10.1. The van der Waals surface area contributed by atoms with Gasteiger partial charge in [0, 0.05) is 4.88 Å². The smallest absolute Gasteiger partial charge is 0.351 e. The van der Waals surface area contributed by atoms with E-state index in [9.17, 15) is 4.79 Å². The highest BCUT2D eigenvalue weighted by molar-refractivity contribution is 7.14. The van der Waals surface area contributed by atoms with Crippen LogP contribution in [0.3, 0.4) is 0 Å². The van der Waals surface area contributed by atoms with Gasteiger partial charge in [0.2, 0.25) is 0 Å². The van der Waals surface area contributed by atoms with Gasteiger partial charge in [0.1, 0.15) is 5.75 Å². The fourth-order valence-corrected chi connectivity index (χ4v) is 2.95. The number of methoxy groups -OCH3 is 1. The first-order valence-electron chi connectivity index (χ1n) is 7.50. The minimum absolute atomic E-state index is 0.308. The Labute approximate surface area is 126 Å². The SMILES string of the molecule is CCCCCCCCCOc1cc(C)sc1C(=O)OC. The number of aryl methyl sites for hydroxylation is 1. The highest BCUT2D eigenvalue weighted by Gasteiger charge is 2.16. The molecule has 0 aliphatic carbocycles. The van der Waals surface area contributed by atoms with Gasteiger partial charge in [0.15, 0.2) is 4.88 Å². The van der Waals surface area contributed by atoms with Gasteiger partial charge in [-0.1, -0.05) is 45.4 Å². The molecule has 3 nitrogen and oxygen atoms in total. The average Bonchev–Trinajstić information content (AvgIpc) is 2.82. The zero-order valence-corrected chi connectivity index (χ0v) is 13.7. The topological polar surface area (TPSA) is 35.5 Å². The van der Waals surface area contributed by atoms with Gasteiger partial charge in [-0.2, -0.15) is 0 Å². The second kappa shape index (κ2) is 9.81.